The molecule has 1 aromatic carbocycles. The topological polar surface area (TPSA) is 95.9 Å². The van der Waals surface area contributed by atoms with Crippen molar-refractivity contribution >= 4 is 29.3 Å². The van der Waals surface area contributed by atoms with E-state index in [0.29, 0.717) is 17.0 Å². The minimum absolute atomic E-state index is 0.0711. The molecule has 6 nitrogen and oxygen atoms in total. The smallest absolute Gasteiger partial charge is 0.337 e. The number of aliphatic hydroxyl groups excluding tert-OH is 1. The first-order valence-corrected chi connectivity index (χ1v) is 7.78. The summed E-state index contributed by atoms with van der Waals surface area (Å²) < 4.78 is 4.60. The third kappa shape index (κ3) is 5.32. The van der Waals surface area contributed by atoms with E-state index in [1.165, 1.54) is 18.9 Å². The zero-order valence-electron chi connectivity index (χ0n) is 12.8. The Morgan fingerprint density at radius 2 is 1.91 bits per heavy atom. The van der Waals surface area contributed by atoms with E-state index in [9.17, 15) is 14.7 Å². The summed E-state index contributed by atoms with van der Waals surface area (Å²) in [6.07, 6.45) is 0. The Hall–Kier alpha value is -1.57. The fourth-order valence-electron chi connectivity index (χ4n) is 1.79. The second-order valence-corrected chi connectivity index (χ2v) is 6.40. The molecule has 0 aromatic heterocycles. The molecule has 7 heteroatoms. The van der Waals surface area contributed by atoms with Crippen LogP contribution in [-0.4, -0.2) is 52.4 Å². The van der Waals surface area contributed by atoms with Gasteiger partial charge in [0.2, 0.25) is 5.91 Å². The van der Waals surface area contributed by atoms with Gasteiger partial charge in [-0.1, -0.05) is 0 Å². The molecule has 22 heavy (non-hydrogen) atoms. The van der Waals surface area contributed by atoms with E-state index in [4.69, 9.17) is 5.11 Å². The maximum atomic E-state index is 12.3. The Labute approximate surface area is 133 Å². The van der Waals surface area contributed by atoms with Gasteiger partial charge in [0, 0.05) is 11.4 Å². The molecule has 0 fully saturated rings. The minimum Gasteiger partial charge on any atom is -0.465 e. The van der Waals surface area contributed by atoms with Crippen LogP contribution < -0.4 is 5.32 Å². The fraction of sp³-hybridized carbons (Fsp3) is 0.467. The normalized spacial score (nSPS) is 12.6. The number of benzene rings is 1. The highest BCUT2D eigenvalue weighted by Crippen LogP contribution is 2.25. The van der Waals surface area contributed by atoms with Crippen molar-refractivity contribution in [3.05, 3.63) is 29.8 Å². The van der Waals surface area contributed by atoms with Gasteiger partial charge in [0.1, 0.15) is 5.25 Å². The molecule has 0 bridgehead atoms. The average Bonchev–Trinajstić information content (AvgIpc) is 2.46. The van der Waals surface area contributed by atoms with E-state index in [1.807, 2.05) is 0 Å². The van der Waals surface area contributed by atoms with Gasteiger partial charge in [0.15, 0.2) is 0 Å². The third-order valence-corrected chi connectivity index (χ3v) is 4.37. The summed E-state index contributed by atoms with van der Waals surface area (Å²) in [5.41, 5.74) is -0.332. The maximum absolute atomic E-state index is 12.3. The molecule has 0 radical (unpaired) electrons. The van der Waals surface area contributed by atoms with Crippen LogP contribution in [0.1, 0.15) is 24.2 Å². The van der Waals surface area contributed by atoms with Crippen LogP contribution in [0.4, 0.5) is 5.69 Å². The van der Waals surface area contributed by atoms with E-state index < -0.39 is 16.8 Å². The van der Waals surface area contributed by atoms with Crippen molar-refractivity contribution in [1.29, 1.82) is 0 Å². The molecule has 1 atom stereocenters. The van der Waals surface area contributed by atoms with Crippen LogP contribution in [0.15, 0.2) is 24.3 Å². The zero-order chi connectivity index (χ0) is 16.8. The lowest BCUT2D eigenvalue weighted by Gasteiger charge is -2.27. The largest absolute Gasteiger partial charge is 0.465 e. The predicted octanol–water partition coefficient (Wildman–Crippen LogP) is 1.28. The van der Waals surface area contributed by atoms with Crippen LogP contribution >= 0.6 is 11.8 Å². The lowest BCUT2D eigenvalue weighted by atomic mass is 10.0. The Morgan fingerprint density at radius 3 is 2.36 bits per heavy atom. The van der Waals surface area contributed by atoms with Crippen LogP contribution in [-0.2, 0) is 9.53 Å². The Balaban J connectivity index is 2.78. The van der Waals surface area contributed by atoms with E-state index in [1.54, 1.807) is 38.1 Å². The number of hydrogen-bond acceptors (Lipinski definition) is 6. The molecule has 0 spiro atoms. The summed E-state index contributed by atoms with van der Waals surface area (Å²) in [7, 11) is 1.30. The highest BCUT2D eigenvalue weighted by molar-refractivity contribution is 8.00. The number of carbonyl (C=O) groups excluding carboxylic acids is 2. The summed E-state index contributed by atoms with van der Waals surface area (Å²) in [6.45, 7) is 3.02. The molecule has 1 aromatic rings. The molecular formula is C15H21NO5S. The molecule has 0 aliphatic rings. The molecule has 122 valence electrons. The lowest BCUT2D eigenvalue weighted by molar-refractivity contribution is -0.119. The number of rotatable bonds is 7. The van der Waals surface area contributed by atoms with Gasteiger partial charge in [-0.05, 0) is 38.1 Å². The number of anilines is 1. The molecular weight excluding hydrogens is 306 g/mol. The van der Waals surface area contributed by atoms with Gasteiger partial charge in [-0.15, -0.1) is 11.8 Å². The Bertz CT molecular complexity index is 510. The molecule has 0 heterocycles. The van der Waals surface area contributed by atoms with E-state index >= 15 is 0 Å². The highest BCUT2D eigenvalue weighted by Gasteiger charge is 2.33. The number of ether oxygens (including phenoxy) is 1. The molecule has 0 saturated heterocycles. The van der Waals surface area contributed by atoms with Gasteiger partial charge in [-0.3, -0.25) is 4.79 Å². The van der Waals surface area contributed by atoms with Crippen molar-refractivity contribution in [2.24, 2.45) is 0 Å². The number of methoxy groups -OCH3 is 1. The SMILES string of the molecule is COC(=O)c1ccc(NC(=O)C(SCCO)C(C)(C)O)cc1. The predicted molar refractivity (Wildman–Crippen MR) is 86.0 cm³/mol. The van der Waals surface area contributed by atoms with Gasteiger partial charge in [0.25, 0.3) is 0 Å². The van der Waals surface area contributed by atoms with Crippen LogP contribution in [0.5, 0.6) is 0 Å². The molecule has 0 aliphatic carbocycles. The maximum Gasteiger partial charge on any atom is 0.337 e. The van der Waals surface area contributed by atoms with Crippen molar-refractivity contribution < 1.29 is 24.5 Å². The standard InChI is InChI=1S/C15H21NO5S/c1-15(2,20)12(22-9-8-17)13(18)16-11-6-4-10(5-7-11)14(19)21-3/h4-7,12,17,20H,8-9H2,1-3H3,(H,16,18). The van der Waals surface area contributed by atoms with Crippen LogP contribution in [0.25, 0.3) is 0 Å². The Kier molecular flexibility index (Phi) is 6.86. The molecule has 1 amide bonds. The molecule has 1 unspecified atom stereocenters. The van der Waals surface area contributed by atoms with Crippen molar-refractivity contribution in [1.82, 2.24) is 0 Å². The Morgan fingerprint density at radius 1 is 1.32 bits per heavy atom. The number of thioether (sulfide) groups is 1. The van der Waals surface area contributed by atoms with Gasteiger partial charge in [-0.25, -0.2) is 4.79 Å². The highest BCUT2D eigenvalue weighted by atomic mass is 32.2. The lowest BCUT2D eigenvalue weighted by Crippen LogP contribution is -2.43. The van der Waals surface area contributed by atoms with Crippen LogP contribution in [0.2, 0.25) is 0 Å². The second-order valence-electron chi connectivity index (χ2n) is 5.19. The van der Waals surface area contributed by atoms with Crippen molar-refractivity contribution in [2.45, 2.75) is 24.7 Å². The van der Waals surface area contributed by atoms with Crippen molar-refractivity contribution in [3.63, 3.8) is 0 Å². The average molecular weight is 327 g/mol. The minimum atomic E-state index is -1.23. The summed E-state index contributed by atoms with van der Waals surface area (Å²) in [5, 5.41) is 20.9. The van der Waals surface area contributed by atoms with E-state index in [0.717, 1.165) is 0 Å². The van der Waals surface area contributed by atoms with Gasteiger partial charge < -0.3 is 20.3 Å². The molecule has 3 N–H and O–H groups in total. The number of aliphatic hydroxyl groups is 2. The number of hydrogen-bond donors (Lipinski definition) is 3. The zero-order valence-corrected chi connectivity index (χ0v) is 13.6. The first kappa shape index (κ1) is 18.5. The summed E-state index contributed by atoms with van der Waals surface area (Å²) >= 11 is 1.18. The molecule has 0 saturated carbocycles. The number of esters is 1. The van der Waals surface area contributed by atoms with Gasteiger partial charge in [0.05, 0.1) is 24.9 Å². The number of nitrogens with one attached hydrogen (secondary N) is 1. The first-order valence-electron chi connectivity index (χ1n) is 6.73. The number of amides is 1. The quantitative estimate of drug-likeness (QED) is 0.653. The van der Waals surface area contributed by atoms with Gasteiger partial charge in [-0.2, -0.15) is 0 Å². The summed E-state index contributed by atoms with van der Waals surface area (Å²) in [6, 6.07) is 6.26. The molecule has 0 aliphatic heterocycles. The summed E-state index contributed by atoms with van der Waals surface area (Å²) in [4.78, 5) is 23.6. The van der Waals surface area contributed by atoms with Crippen LogP contribution in [0, 0.1) is 0 Å². The monoisotopic (exact) mass is 327 g/mol. The van der Waals surface area contributed by atoms with Crippen molar-refractivity contribution in [2.75, 3.05) is 24.8 Å². The van der Waals surface area contributed by atoms with E-state index in [-0.39, 0.29) is 12.5 Å². The first-order chi connectivity index (χ1) is 10.3. The number of carbonyl (C=O) groups is 2. The van der Waals surface area contributed by atoms with Crippen molar-refractivity contribution in [3.8, 4) is 0 Å². The van der Waals surface area contributed by atoms with Crippen LogP contribution in [0.3, 0.4) is 0 Å². The fourth-order valence-corrected chi connectivity index (χ4v) is 2.75. The third-order valence-electron chi connectivity index (χ3n) is 2.83. The second kappa shape index (κ2) is 8.17. The molecule has 1 rings (SSSR count). The van der Waals surface area contributed by atoms with Gasteiger partial charge >= 0.3 is 5.97 Å². The summed E-state index contributed by atoms with van der Waals surface area (Å²) in [5.74, 6) is -0.467. The van der Waals surface area contributed by atoms with E-state index in [2.05, 4.69) is 10.1 Å².